The molecule has 0 aliphatic carbocycles. The summed E-state index contributed by atoms with van der Waals surface area (Å²) in [5, 5.41) is 27.1. The summed E-state index contributed by atoms with van der Waals surface area (Å²) in [5.41, 5.74) is 12.3. The van der Waals surface area contributed by atoms with Crippen molar-refractivity contribution in [3.8, 4) is 0 Å². The number of nitrogens with one attached hydrogen (secondary N) is 5. The number of amides is 2. The first-order valence-corrected chi connectivity index (χ1v) is 31.1. The number of carbonyl (C=O) groups is 4. The van der Waals surface area contributed by atoms with Gasteiger partial charge in [-0.1, -0.05) is 162 Å². The van der Waals surface area contributed by atoms with Crippen LogP contribution in [0.2, 0.25) is 0 Å². The molecule has 16 heteroatoms. The van der Waals surface area contributed by atoms with Crippen molar-refractivity contribution in [3.63, 3.8) is 0 Å². The van der Waals surface area contributed by atoms with E-state index in [2.05, 4.69) is 51.6 Å². The molecular formula is C60H115N9O7. The molecule has 0 spiro atoms. The summed E-state index contributed by atoms with van der Waals surface area (Å²) in [7, 11) is 0. The first kappa shape index (κ1) is 70.3. The Morgan fingerprint density at radius 3 is 1.68 bits per heavy atom. The number of guanidine groups is 1. The molecule has 0 saturated heterocycles. The zero-order valence-corrected chi connectivity index (χ0v) is 48.7. The second kappa shape index (κ2) is 50.7. The molecule has 0 saturated carbocycles. The van der Waals surface area contributed by atoms with Crippen LogP contribution in [-0.4, -0.2) is 113 Å². The maximum atomic E-state index is 13.3. The lowest BCUT2D eigenvalue weighted by molar-refractivity contribution is -0.150. The number of rotatable bonds is 55. The highest BCUT2D eigenvalue weighted by molar-refractivity contribution is 5.89. The number of carbonyl (C=O) groups excluding carboxylic acids is 4. The van der Waals surface area contributed by atoms with Gasteiger partial charge in [0.05, 0.1) is 25.1 Å². The molecule has 0 aliphatic heterocycles. The molecule has 1 aromatic rings. The summed E-state index contributed by atoms with van der Waals surface area (Å²) in [6.07, 6.45) is 42.2. The minimum Gasteiger partial charge on any atom is -0.466 e. The molecule has 2 amide bonds. The highest BCUT2D eigenvalue weighted by atomic mass is 16.5. The smallest absolute Gasteiger partial charge is 0.306 e. The molecule has 10 N–H and O–H groups in total. The molecule has 1 unspecified atom stereocenters. The zero-order valence-electron chi connectivity index (χ0n) is 48.7. The third-order valence-electron chi connectivity index (χ3n) is 14.5. The van der Waals surface area contributed by atoms with Crippen LogP contribution in [0.15, 0.2) is 12.5 Å². The van der Waals surface area contributed by atoms with E-state index in [9.17, 15) is 24.3 Å². The van der Waals surface area contributed by atoms with Crippen molar-refractivity contribution in [2.45, 2.75) is 295 Å². The van der Waals surface area contributed by atoms with Crippen molar-refractivity contribution in [2.75, 3.05) is 39.3 Å². The number of hydrogen-bond donors (Lipinski definition) is 8. The second-order valence-electron chi connectivity index (χ2n) is 21.8. The van der Waals surface area contributed by atoms with E-state index in [4.69, 9.17) is 26.4 Å². The van der Waals surface area contributed by atoms with Crippen LogP contribution in [0.5, 0.6) is 0 Å². The number of aliphatic hydroxyl groups is 1. The largest absolute Gasteiger partial charge is 0.466 e. The molecule has 0 radical (unpaired) electrons. The van der Waals surface area contributed by atoms with Crippen LogP contribution in [0, 0.1) is 5.41 Å². The number of unbranched alkanes of at least 4 members (excludes halogenated alkanes) is 25. The van der Waals surface area contributed by atoms with Crippen molar-refractivity contribution >= 4 is 29.7 Å². The third kappa shape index (κ3) is 43.2. The molecule has 442 valence electrons. The van der Waals surface area contributed by atoms with Gasteiger partial charge in [-0.05, 0) is 103 Å². The van der Waals surface area contributed by atoms with Crippen molar-refractivity contribution in [1.82, 2.24) is 30.8 Å². The van der Waals surface area contributed by atoms with Gasteiger partial charge in [0.1, 0.15) is 12.1 Å². The number of nitrogens with two attached hydrogens (primary N) is 2. The average molecular weight is 1070 g/mol. The lowest BCUT2D eigenvalue weighted by atomic mass is 10.0. The molecule has 1 aromatic heterocycles. The predicted octanol–water partition coefficient (Wildman–Crippen LogP) is 11.4. The summed E-state index contributed by atoms with van der Waals surface area (Å²) in [4.78, 5) is 61.0. The van der Waals surface area contributed by atoms with E-state index in [-0.39, 0.29) is 36.3 Å². The van der Waals surface area contributed by atoms with E-state index in [1.54, 1.807) is 6.20 Å². The number of hydrogen-bond acceptors (Lipinski definition) is 11. The normalized spacial score (nSPS) is 12.7. The number of aromatic nitrogens is 2. The van der Waals surface area contributed by atoms with Gasteiger partial charge in [-0.3, -0.25) is 24.6 Å². The van der Waals surface area contributed by atoms with Crippen LogP contribution >= 0.6 is 0 Å². The van der Waals surface area contributed by atoms with Crippen LogP contribution in [0.25, 0.3) is 0 Å². The molecular weight excluding hydrogens is 959 g/mol. The first-order valence-electron chi connectivity index (χ1n) is 31.1. The summed E-state index contributed by atoms with van der Waals surface area (Å²) in [6, 6.07) is -1.67. The van der Waals surface area contributed by atoms with Gasteiger partial charge in [-0.25, -0.2) is 4.98 Å². The Hall–Kier alpha value is -3.76. The molecule has 0 bridgehead atoms. The Kier molecular flexibility index (Phi) is 46.9. The molecule has 16 nitrogen and oxygen atoms in total. The fourth-order valence-electron chi connectivity index (χ4n) is 9.73. The first-order chi connectivity index (χ1) is 37.0. The van der Waals surface area contributed by atoms with Gasteiger partial charge >= 0.3 is 11.9 Å². The van der Waals surface area contributed by atoms with Crippen molar-refractivity contribution < 1.29 is 33.8 Å². The predicted molar refractivity (Wildman–Crippen MR) is 311 cm³/mol. The lowest BCUT2D eigenvalue weighted by Gasteiger charge is -2.25. The molecule has 76 heavy (non-hydrogen) atoms. The van der Waals surface area contributed by atoms with Crippen LogP contribution in [0.1, 0.15) is 270 Å². The summed E-state index contributed by atoms with van der Waals surface area (Å²) in [5.74, 6) is -1.06. The van der Waals surface area contributed by atoms with E-state index in [1.165, 1.54) is 115 Å². The number of H-pyrrole nitrogens is 1. The monoisotopic (exact) mass is 1070 g/mol. The fraction of sp³-hybridized carbons (Fsp3) is 0.867. The average Bonchev–Trinajstić information content (AvgIpc) is 3.91. The fourth-order valence-corrected chi connectivity index (χ4v) is 9.73. The third-order valence-corrected chi connectivity index (χ3v) is 14.5. The quantitative estimate of drug-likeness (QED) is 0.0131. The Balaban J connectivity index is 2.62. The summed E-state index contributed by atoms with van der Waals surface area (Å²) < 4.78 is 11.6. The summed E-state index contributed by atoms with van der Waals surface area (Å²) in [6.45, 7) is 10.3. The second-order valence-corrected chi connectivity index (χ2v) is 21.8. The van der Waals surface area contributed by atoms with Gasteiger partial charge in [0, 0.05) is 50.8 Å². The topological polar surface area (TPSA) is 251 Å². The van der Waals surface area contributed by atoms with Crippen LogP contribution in [0.3, 0.4) is 0 Å². The summed E-state index contributed by atoms with van der Waals surface area (Å²) >= 11 is 0. The Morgan fingerprint density at radius 2 is 1.12 bits per heavy atom. The number of aromatic amines is 1. The van der Waals surface area contributed by atoms with Gasteiger partial charge in [0.15, 0.2) is 5.96 Å². The van der Waals surface area contributed by atoms with Crippen molar-refractivity contribution in [1.29, 1.82) is 5.41 Å². The SMILES string of the molecule is CCCCCCCCCCCOC(=O)CCCCCN(CCCCCCCC(=O)OC(CCCCCCCC)CCCCCCCC)CC(O)CCCCNC(=O)[C@H](CCCNC(=N)N)NC(=O)[C@@H](N)Cc1cnc[nH]1. The van der Waals surface area contributed by atoms with Crippen LogP contribution in [0.4, 0.5) is 0 Å². The highest BCUT2D eigenvalue weighted by Crippen LogP contribution is 2.19. The molecule has 1 rings (SSSR count). The molecule has 0 aliphatic rings. The van der Waals surface area contributed by atoms with Crippen molar-refractivity contribution in [2.24, 2.45) is 11.5 Å². The van der Waals surface area contributed by atoms with E-state index in [0.29, 0.717) is 71.2 Å². The maximum Gasteiger partial charge on any atom is 0.306 e. The van der Waals surface area contributed by atoms with Gasteiger partial charge in [0.25, 0.3) is 0 Å². The van der Waals surface area contributed by atoms with E-state index in [0.717, 1.165) is 109 Å². The lowest BCUT2D eigenvalue weighted by Crippen LogP contribution is -2.52. The molecule has 3 atom stereocenters. The van der Waals surface area contributed by atoms with Gasteiger partial charge in [0.2, 0.25) is 11.8 Å². The van der Waals surface area contributed by atoms with Gasteiger partial charge in [-0.15, -0.1) is 0 Å². The van der Waals surface area contributed by atoms with Crippen LogP contribution in [-0.2, 0) is 35.1 Å². The van der Waals surface area contributed by atoms with Crippen LogP contribution < -0.4 is 27.4 Å². The maximum absolute atomic E-state index is 13.3. The Labute approximate surface area is 462 Å². The minimum absolute atomic E-state index is 0.0391. The highest BCUT2D eigenvalue weighted by Gasteiger charge is 2.24. The van der Waals surface area contributed by atoms with E-state index >= 15 is 0 Å². The number of ether oxygens (including phenoxy) is 2. The van der Waals surface area contributed by atoms with E-state index < -0.39 is 24.1 Å². The zero-order chi connectivity index (χ0) is 55.5. The van der Waals surface area contributed by atoms with Gasteiger partial charge < -0.3 is 51.9 Å². The number of esters is 2. The molecule has 1 heterocycles. The number of aliphatic hydroxyl groups excluding tert-OH is 1. The molecule has 0 fully saturated rings. The molecule has 0 aromatic carbocycles. The van der Waals surface area contributed by atoms with Crippen molar-refractivity contribution in [3.05, 3.63) is 18.2 Å². The number of nitrogens with zero attached hydrogens (tertiary/aromatic N) is 2. The Bertz CT molecular complexity index is 1520. The number of imidazole rings is 1. The Morgan fingerprint density at radius 1 is 0.618 bits per heavy atom. The minimum atomic E-state index is -0.866. The standard InChI is InChI=1S/C60H115N9O7/c1-4-7-10-13-16-17-18-24-34-46-75-56(71)40-29-25-33-45-69(44-32-23-19-22-28-41-57(72)76-53(37-26-20-14-11-8-5-2)38-27-21-15-12-9-6-3)49-52(70)36-30-31-42-65-59(74)55(39-35-43-66-60(62)63)68-58(73)54(61)47-51-48-64-50-67-51/h48,50,52-55,70H,4-47,49,61H2,1-3H3,(H,64,67)(H,65,74)(H,68,73)(H4,62,63,66)/t52?,54-,55-/m0/s1. The van der Waals surface area contributed by atoms with E-state index in [1.807, 2.05) is 0 Å². The van der Waals surface area contributed by atoms with Gasteiger partial charge in [-0.2, -0.15) is 0 Å².